The van der Waals surface area contributed by atoms with Crippen molar-refractivity contribution >= 4 is 11.9 Å². The molecule has 3 heterocycles. The molecule has 2 saturated heterocycles. The number of hydrogen-bond donors (Lipinski definition) is 0. The van der Waals surface area contributed by atoms with Crippen LogP contribution in [0, 0.1) is 0 Å². The van der Waals surface area contributed by atoms with Gasteiger partial charge in [-0.15, -0.1) is 0 Å². The van der Waals surface area contributed by atoms with Crippen LogP contribution < -0.4 is 9.64 Å². The van der Waals surface area contributed by atoms with Gasteiger partial charge in [0.05, 0.1) is 13.2 Å². The Morgan fingerprint density at radius 1 is 1.39 bits per heavy atom. The second-order valence-electron chi connectivity index (χ2n) is 5.94. The summed E-state index contributed by atoms with van der Waals surface area (Å²) < 4.78 is 10.7. The average molecular weight is 320 g/mol. The smallest absolute Gasteiger partial charge is 0.228 e. The number of ether oxygens (including phenoxy) is 2. The molecule has 126 valence electrons. The fourth-order valence-corrected chi connectivity index (χ4v) is 3.07. The van der Waals surface area contributed by atoms with Crippen molar-refractivity contribution in [1.29, 1.82) is 0 Å². The van der Waals surface area contributed by atoms with Crippen LogP contribution in [0.25, 0.3) is 0 Å². The van der Waals surface area contributed by atoms with E-state index in [0.717, 1.165) is 39.0 Å². The van der Waals surface area contributed by atoms with E-state index in [1.807, 2.05) is 4.90 Å². The van der Waals surface area contributed by atoms with Crippen LogP contribution in [-0.2, 0) is 9.53 Å². The van der Waals surface area contributed by atoms with Crippen molar-refractivity contribution < 1.29 is 14.3 Å². The Kier molecular flexibility index (Phi) is 5.27. The lowest BCUT2D eigenvalue weighted by Gasteiger charge is -2.35. The van der Waals surface area contributed by atoms with E-state index >= 15 is 0 Å². The Bertz CT molecular complexity index is 526. The summed E-state index contributed by atoms with van der Waals surface area (Å²) in [6.45, 7) is 3.77. The van der Waals surface area contributed by atoms with Gasteiger partial charge in [0, 0.05) is 51.5 Å². The fourth-order valence-electron chi connectivity index (χ4n) is 3.07. The minimum Gasteiger partial charge on any atom is -0.481 e. The highest BCUT2D eigenvalue weighted by molar-refractivity contribution is 5.76. The first-order valence-corrected chi connectivity index (χ1v) is 8.27. The molecule has 0 N–H and O–H groups in total. The molecular weight excluding hydrogens is 296 g/mol. The molecule has 0 radical (unpaired) electrons. The monoisotopic (exact) mass is 320 g/mol. The number of piperazine rings is 1. The first-order chi connectivity index (χ1) is 11.3. The zero-order valence-electron chi connectivity index (χ0n) is 13.6. The molecule has 3 rings (SSSR count). The normalized spacial score (nSPS) is 21.5. The Morgan fingerprint density at radius 3 is 2.91 bits per heavy atom. The Morgan fingerprint density at radius 2 is 2.22 bits per heavy atom. The minimum absolute atomic E-state index is 0.228. The van der Waals surface area contributed by atoms with E-state index in [0.29, 0.717) is 31.3 Å². The van der Waals surface area contributed by atoms with E-state index in [9.17, 15) is 4.79 Å². The predicted octanol–water partition coefficient (Wildman–Crippen LogP) is 1.09. The number of aromatic nitrogens is 2. The first-order valence-electron chi connectivity index (χ1n) is 8.27. The Labute approximate surface area is 136 Å². The van der Waals surface area contributed by atoms with Crippen LogP contribution in [0.15, 0.2) is 12.3 Å². The molecule has 1 atom stereocenters. The number of anilines is 1. The highest BCUT2D eigenvalue weighted by atomic mass is 16.5. The van der Waals surface area contributed by atoms with Crippen molar-refractivity contribution in [3.63, 3.8) is 0 Å². The maximum Gasteiger partial charge on any atom is 0.228 e. The Balaban J connectivity index is 1.46. The number of methoxy groups -OCH3 is 1. The molecule has 7 nitrogen and oxygen atoms in total. The van der Waals surface area contributed by atoms with Gasteiger partial charge in [0.2, 0.25) is 17.7 Å². The molecule has 0 aliphatic carbocycles. The van der Waals surface area contributed by atoms with Gasteiger partial charge in [-0.3, -0.25) is 4.79 Å². The van der Waals surface area contributed by atoms with Gasteiger partial charge >= 0.3 is 0 Å². The van der Waals surface area contributed by atoms with E-state index in [1.165, 1.54) is 0 Å². The summed E-state index contributed by atoms with van der Waals surface area (Å²) in [5.74, 6) is 1.45. The molecule has 7 heteroatoms. The SMILES string of the molecule is COc1ccnc(N2CCN(C(=O)CCC3CCCO3)CC2)n1. The number of hydrogen-bond acceptors (Lipinski definition) is 6. The van der Waals surface area contributed by atoms with Gasteiger partial charge in [-0.2, -0.15) is 4.98 Å². The van der Waals surface area contributed by atoms with E-state index < -0.39 is 0 Å². The molecule has 23 heavy (non-hydrogen) atoms. The van der Waals surface area contributed by atoms with Crippen LogP contribution in [0.3, 0.4) is 0 Å². The maximum atomic E-state index is 12.3. The molecule has 1 unspecified atom stereocenters. The van der Waals surface area contributed by atoms with Crippen LogP contribution in [0.4, 0.5) is 5.95 Å². The Hall–Kier alpha value is -1.89. The number of amides is 1. The van der Waals surface area contributed by atoms with Crippen molar-refractivity contribution in [3.8, 4) is 5.88 Å². The summed E-state index contributed by atoms with van der Waals surface area (Å²) in [7, 11) is 1.59. The third-order valence-corrected chi connectivity index (χ3v) is 4.45. The van der Waals surface area contributed by atoms with Gasteiger partial charge in [-0.25, -0.2) is 4.98 Å². The molecule has 0 spiro atoms. The van der Waals surface area contributed by atoms with Crippen molar-refractivity contribution in [2.75, 3.05) is 44.8 Å². The molecular formula is C16H24N4O3. The second kappa shape index (κ2) is 7.59. The van der Waals surface area contributed by atoms with Crippen LogP contribution in [0.2, 0.25) is 0 Å². The van der Waals surface area contributed by atoms with Gasteiger partial charge in [0.1, 0.15) is 0 Å². The number of rotatable bonds is 5. The zero-order valence-corrected chi connectivity index (χ0v) is 13.6. The summed E-state index contributed by atoms with van der Waals surface area (Å²) in [5.41, 5.74) is 0. The van der Waals surface area contributed by atoms with Crippen LogP contribution in [-0.4, -0.2) is 66.8 Å². The largest absolute Gasteiger partial charge is 0.481 e. The van der Waals surface area contributed by atoms with Crippen LogP contribution >= 0.6 is 0 Å². The number of carbonyl (C=O) groups is 1. The summed E-state index contributed by atoms with van der Waals surface area (Å²) in [6.07, 6.45) is 5.62. The summed E-state index contributed by atoms with van der Waals surface area (Å²) in [5, 5.41) is 0. The minimum atomic E-state index is 0.228. The van der Waals surface area contributed by atoms with Gasteiger partial charge < -0.3 is 19.3 Å². The molecule has 0 bridgehead atoms. The van der Waals surface area contributed by atoms with E-state index in [4.69, 9.17) is 9.47 Å². The molecule has 2 aliphatic heterocycles. The quantitative estimate of drug-likeness (QED) is 0.809. The topological polar surface area (TPSA) is 67.8 Å². The molecule has 2 fully saturated rings. The number of carbonyl (C=O) groups excluding carboxylic acids is 1. The lowest BCUT2D eigenvalue weighted by atomic mass is 10.1. The summed E-state index contributed by atoms with van der Waals surface area (Å²) >= 11 is 0. The van der Waals surface area contributed by atoms with Gasteiger partial charge in [-0.1, -0.05) is 0 Å². The van der Waals surface area contributed by atoms with E-state index in [1.54, 1.807) is 19.4 Å². The number of nitrogens with zero attached hydrogens (tertiary/aromatic N) is 4. The lowest BCUT2D eigenvalue weighted by Crippen LogP contribution is -2.49. The average Bonchev–Trinajstić information content (AvgIpc) is 3.13. The van der Waals surface area contributed by atoms with Crippen LogP contribution in [0.5, 0.6) is 5.88 Å². The first kappa shape index (κ1) is 16.0. The lowest BCUT2D eigenvalue weighted by molar-refractivity contribution is -0.132. The highest BCUT2D eigenvalue weighted by Gasteiger charge is 2.24. The van der Waals surface area contributed by atoms with Crippen LogP contribution in [0.1, 0.15) is 25.7 Å². The summed E-state index contributed by atoms with van der Waals surface area (Å²) in [6, 6.07) is 1.73. The molecule has 2 aliphatic rings. The summed E-state index contributed by atoms with van der Waals surface area (Å²) in [4.78, 5) is 25.0. The molecule has 0 saturated carbocycles. The van der Waals surface area contributed by atoms with Gasteiger partial charge in [-0.05, 0) is 19.3 Å². The third kappa shape index (κ3) is 4.10. The molecule has 0 aromatic carbocycles. The van der Waals surface area contributed by atoms with Gasteiger partial charge in [0.15, 0.2) is 0 Å². The van der Waals surface area contributed by atoms with Crippen molar-refractivity contribution in [2.45, 2.75) is 31.8 Å². The molecule has 1 aromatic rings. The fraction of sp³-hybridized carbons (Fsp3) is 0.688. The van der Waals surface area contributed by atoms with Gasteiger partial charge in [0.25, 0.3) is 0 Å². The maximum absolute atomic E-state index is 12.3. The standard InChI is InChI=1S/C16H24N4O3/c1-22-14-6-7-17-16(18-14)20-10-8-19(9-11-20)15(21)5-4-13-3-2-12-23-13/h6-7,13H,2-5,8-12H2,1H3. The van der Waals surface area contributed by atoms with Crippen molar-refractivity contribution in [3.05, 3.63) is 12.3 Å². The predicted molar refractivity (Wildman–Crippen MR) is 85.6 cm³/mol. The van der Waals surface area contributed by atoms with Crippen molar-refractivity contribution in [1.82, 2.24) is 14.9 Å². The van der Waals surface area contributed by atoms with E-state index in [-0.39, 0.29) is 12.0 Å². The zero-order chi connectivity index (χ0) is 16.1. The third-order valence-electron chi connectivity index (χ3n) is 4.45. The highest BCUT2D eigenvalue weighted by Crippen LogP contribution is 2.18. The molecule has 1 aromatic heterocycles. The van der Waals surface area contributed by atoms with E-state index in [2.05, 4.69) is 14.9 Å². The van der Waals surface area contributed by atoms with Crippen molar-refractivity contribution in [2.24, 2.45) is 0 Å². The molecule has 1 amide bonds. The second-order valence-corrected chi connectivity index (χ2v) is 5.94.